The van der Waals surface area contributed by atoms with Crippen LogP contribution in [0.15, 0.2) is 99.6 Å². The molecule has 0 bridgehead atoms. The minimum Gasteiger partial charge on any atom is -0.383 e. The van der Waals surface area contributed by atoms with Gasteiger partial charge >= 0.3 is 0 Å². The van der Waals surface area contributed by atoms with E-state index in [9.17, 15) is 0 Å². The van der Waals surface area contributed by atoms with Gasteiger partial charge in [-0.15, -0.1) is 0 Å². The Kier molecular flexibility index (Phi) is 8.16. The van der Waals surface area contributed by atoms with Crippen LogP contribution in [0.2, 0.25) is 0 Å². The summed E-state index contributed by atoms with van der Waals surface area (Å²) in [5.74, 6) is 0. The van der Waals surface area contributed by atoms with Crippen molar-refractivity contribution in [2.75, 3.05) is 26.8 Å². The van der Waals surface area contributed by atoms with Crippen molar-refractivity contribution in [3.05, 3.63) is 90.5 Å². The minimum absolute atomic E-state index is 0.0920. The van der Waals surface area contributed by atoms with Gasteiger partial charge in [0.2, 0.25) is 0 Å². The molecule has 3 rings (SSSR count). The van der Waals surface area contributed by atoms with Crippen molar-refractivity contribution in [1.82, 2.24) is 4.90 Å². The smallest absolute Gasteiger partial charge is 0.166 e. The third-order valence-electron chi connectivity index (χ3n) is 4.65. The highest BCUT2D eigenvalue weighted by molar-refractivity contribution is 7.97. The summed E-state index contributed by atoms with van der Waals surface area (Å²) in [5.41, 5.74) is 1.37. The molecule has 0 aliphatic rings. The molecule has 3 aromatic rings. The van der Waals surface area contributed by atoms with Crippen LogP contribution in [0.5, 0.6) is 0 Å². The molecule has 0 N–H and O–H groups in total. The molecule has 0 spiro atoms. The van der Waals surface area contributed by atoms with Crippen LogP contribution in [0.4, 0.5) is 0 Å². The molecule has 146 valence electrons. The molecule has 2 nitrogen and oxygen atoms in total. The first-order valence-electron chi connectivity index (χ1n) is 9.96. The van der Waals surface area contributed by atoms with Gasteiger partial charge in [-0.1, -0.05) is 55.5 Å². The number of nitrogens with zero attached hydrogens (tertiary/aromatic N) is 1. The van der Waals surface area contributed by atoms with E-state index in [1.54, 1.807) is 7.11 Å². The number of rotatable bonds is 10. The van der Waals surface area contributed by atoms with Crippen LogP contribution in [0.1, 0.15) is 18.9 Å². The van der Waals surface area contributed by atoms with Crippen LogP contribution in [0.3, 0.4) is 0 Å². The normalized spacial score (nSPS) is 11.3. The summed E-state index contributed by atoms with van der Waals surface area (Å²) in [7, 11) is 1.68. The van der Waals surface area contributed by atoms with E-state index in [1.807, 2.05) is 0 Å². The fourth-order valence-corrected chi connectivity index (χ4v) is 5.52. The quantitative estimate of drug-likeness (QED) is 0.414. The van der Waals surface area contributed by atoms with E-state index in [4.69, 9.17) is 4.74 Å². The van der Waals surface area contributed by atoms with E-state index in [0.717, 1.165) is 32.7 Å². The molecule has 0 heterocycles. The van der Waals surface area contributed by atoms with Crippen LogP contribution >= 0.6 is 0 Å². The second kappa shape index (κ2) is 11.1. The first-order valence-corrected chi connectivity index (χ1v) is 11.2. The Bertz CT molecular complexity index is 783. The van der Waals surface area contributed by atoms with Gasteiger partial charge < -0.3 is 4.74 Å². The lowest BCUT2D eigenvalue weighted by molar-refractivity contribution is 0.144. The molecular weight excluding hydrogens is 362 g/mol. The maximum Gasteiger partial charge on any atom is 0.166 e. The molecule has 0 amide bonds. The summed E-state index contributed by atoms with van der Waals surface area (Å²) in [5, 5.41) is 0. The van der Waals surface area contributed by atoms with Crippen LogP contribution in [0, 0.1) is 0 Å². The summed E-state index contributed by atoms with van der Waals surface area (Å²) < 4.78 is 5.29. The van der Waals surface area contributed by atoms with E-state index in [0.29, 0.717) is 0 Å². The Morgan fingerprint density at radius 1 is 0.750 bits per heavy atom. The first-order chi connectivity index (χ1) is 13.8. The van der Waals surface area contributed by atoms with E-state index in [-0.39, 0.29) is 10.9 Å². The Labute approximate surface area is 172 Å². The molecule has 0 saturated heterocycles. The molecule has 0 saturated carbocycles. The fourth-order valence-electron chi connectivity index (χ4n) is 3.36. The van der Waals surface area contributed by atoms with Gasteiger partial charge in [-0.25, -0.2) is 0 Å². The van der Waals surface area contributed by atoms with Gasteiger partial charge in [0.05, 0.1) is 17.5 Å². The maximum absolute atomic E-state index is 5.29. The van der Waals surface area contributed by atoms with Gasteiger partial charge in [-0.3, -0.25) is 4.90 Å². The van der Waals surface area contributed by atoms with E-state index >= 15 is 0 Å². The highest BCUT2D eigenvalue weighted by Crippen LogP contribution is 2.31. The number of methoxy groups -OCH3 is 1. The predicted octanol–water partition coefficient (Wildman–Crippen LogP) is 5.64. The molecule has 3 heteroatoms. The van der Waals surface area contributed by atoms with Gasteiger partial charge in [0.15, 0.2) is 14.7 Å². The molecule has 0 aliphatic carbocycles. The lowest BCUT2D eigenvalue weighted by atomic mass is 10.2. The Morgan fingerprint density at radius 3 is 1.93 bits per heavy atom. The van der Waals surface area contributed by atoms with Crippen molar-refractivity contribution >= 4 is 10.9 Å². The largest absolute Gasteiger partial charge is 0.383 e. The molecule has 28 heavy (non-hydrogen) atoms. The van der Waals surface area contributed by atoms with Gasteiger partial charge in [0, 0.05) is 20.2 Å². The first kappa shape index (κ1) is 20.7. The SMILES string of the molecule is CCCN(CCOC)Cc1cccc([S+](c2ccccc2)c2ccccc2)c1. The maximum atomic E-state index is 5.29. The van der Waals surface area contributed by atoms with Gasteiger partial charge in [0.25, 0.3) is 0 Å². The number of hydrogen-bond acceptors (Lipinski definition) is 2. The van der Waals surface area contributed by atoms with Crippen LogP contribution in [-0.4, -0.2) is 31.7 Å². The number of ether oxygens (including phenoxy) is 1. The van der Waals surface area contributed by atoms with E-state index in [1.165, 1.54) is 20.2 Å². The monoisotopic (exact) mass is 392 g/mol. The molecule has 0 atom stereocenters. The lowest BCUT2D eigenvalue weighted by Gasteiger charge is -2.21. The summed E-state index contributed by atoms with van der Waals surface area (Å²) >= 11 is 0. The van der Waals surface area contributed by atoms with Crippen LogP contribution in [-0.2, 0) is 22.2 Å². The lowest BCUT2D eigenvalue weighted by Crippen LogP contribution is -2.27. The Hall–Kier alpha value is -2.07. The molecule has 0 aromatic heterocycles. The number of benzene rings is 3. The van der Waals surface area contributed by atoms with E-state index < -0.39 is 0 Å². The standard InChI is InChI=1S/C25H30NOS/c1-3-17-26(18-19-27-2)21-22-11-10-16-25(20-22)28(23-12-6-4-7-13-23)24-14-8-5-9-15-24/h4-16,20H,3,17-19,21H2,1-2H3/q+1. The van der Waals surface area contributed by atoms with Gasteiger partial charge in [0.1, 0.15) is 0 Å². The van der Waals surface area contributed by atoms with Gasteiger partial charge in [-0.2, -0.15) is 0 Å². The number of hydrogen-bond donors (Lipinski definition) is 0. The minimum atomic E-state index is -0.0920. The van der Waals surface area contributed by atoms with Crippen molar-refractivity contribution in [2.45, 2.75) is 34.6 Å². The second-order valence-corrected chi connectivity index (χ2v) is 8.88. The van der Waals surface area contributed by atoms with Crippen molar-refractivity contribution in [3.8, 4) is 0 Å². The van der Waals surface area contributed by atoms with Gasteiger partial charge in [-0.05, 0) is 54.9 Å². The fraction of sp³-hybridized carbons (Fsp3) is 0.280. The van der Waals surface area contributed by atoms with Crippen molar-refractivity contribution in [3.63, 3.8) is 0 Å². The molecule has 0 radical (unpaired) electrons. The van der Waals surface area contributed by atoms with Crippen molar-refractivity contribution in [2.24, 2.45) is 0 Å². The summed E-state index contributed by atoms with van der Waals surface area (Å²) in [6.45, 7) is 6.04. The molecule has 0 aliphatic heterocycles. The zero-order valence-electron chi connectivity index (χ0n) is 16.9. The second-order valence-electron chi connectivity index (χ2n) is 6.85. The van der Waals surface area contributed by atoms with Crippen molar-refractivity contribution in [1.29, 1.82) is 0 Å². The zero-order chi connectivity index (χ0) is 19.6. The third kappa shape index (κ3) is 5.71. The Balaban J connectivity index is 1.90. The van der Waals surface area contributed by atoms with Crippen LogP contribution < -0.4 is 0 Å². The average molecular weight is 393 g/mol. The third-order valence-corrected chi connectivity index (χ3v) is 6.86. The summed E-state index contributed by atoms with van der Waals surface area (Å²) in [6, 6.07) is 30.8. The molecule has 3 aromatic carbocycles. The topological polar surface area (TPSA) is 12.5 Å². The highest BCUT2D eigenvalue weighted by Gasteiger charge is 2.28. The zero-order valence-corrected chi connectivity index (χ0v) is 17.7. The highest BCUT2D eigenvalue weighted by atomic mass is 32.2. The van der Waals surface area contributed by atoms with Crippen molar-refractivity contribution < 1.29 is 4.74 Å². The Morgan fingerprint density at radius 2 is 1.36 bits per heavy atom. The average Bonchev–Trinajstić information content (AvgIpc) is 2.74. The molecule has 0 fully saturated rings. The van der Waals surface area contributed by atoms with E-state index in [2.05, 4.69) is 96.8 Å². The predicted molar refractivity (Wildman–Crippen MR) is 119 cm³/mol. The molecule has 0 unspecified atom stereocenters. The molecular formula is C25H30NOS+. The van der Waals surface area contributed by atoms with Crippen LogP contribution in [0.25, 0.3) is 0 Å². The summed E-state index contributed by atoms with van der Waals surface area (Å²) in [4.78, 5) is 6.57. The summed E-state index contributed by atoms with van der Waals surface area (Å²) in [6.07, 6.45) is 1.15.